The van der Waals surface area contributed by atoms with E-state index in [1.807, 2.05) is 0 Å². The van der Waals surface area contributed by atoms with Crippen LogP contribution in [0.25, 0.3) is 0 Å². The molecule has 5 N–H and O–H groups in total. The van der Waals surface area contributed by atoms with E-state index in [4.69, 9.17) is 15.3 Å². The summed E-state index contributed by atoms with van der Waals surface area (Å²) in [5, 5.41) is 27.2. The topological polar surface area (TPSA) is 224 Å². The molecule has 4 rings (SSSR count). The second-order valence-corrected chi connectivity index (χ2v) is 14.4. The van der Waals surface area contributed by atoms with Crippen molar-refractivity contribution < 1.29 is 33.9 Å². The number of anilines is 1. The highest BCUT2D eigenvalue weighted by atomic mass is 32.2. The van der Waals surface area contributed by atoms with Crippen molar-refractivity contribution in [3.05, 3.63) is 22.1 Å². The maximum Gasteiger partial charge on any atom is 0.408 e. The second-order valence-electron chi connectivity index (χ2n) is 10.3. The summed E-state index contributed by atoms with van der Waals surface area (Å²) in [6, 6.07) is -0.996. The van der Waals surface area contributed by atoms with Crippen molar-refractivity contribution in [1.82, 2.24) is 35.1 Å². The lowest BCUT2D eigenvalue weighted by Crippen LogP contribution is -2.71. The number of thioether (sulfide) groups is 2. The van der Waals surface area contributed by atoms with E-state index in [0.717, 1.165) is 11.5 Å². The van der Waals surface area contributed by atoms with E-state index in [1.54, 1.807) is 34.6 Å². The summed E-state index contributed by atoms with van der Waals surface area (Å²) in [5.74, 6) is -2.08. The predicted molar refractivity (Wildman–Crippen MR) is 160 cm³/mol. The molecular weight excluding hydrogens is 643 g/mol. The summed E-state index contributed by atoms with van der Waals surface area (Å²) in [6.45, 7) is 8.85. The van der Waals surface area contributed by atoms with Crippen LogP contribution in [0.2, 0.25) is 0 Å². The van der Waals surface area contributed by atoms with Gasteiger partial charge >= 0.3 is 12.1 Å². The number of carbonyl (C=O) groups excluding carboxylic acids is 3. The Balaban J connectivity index is 1.39. The Kier molecular flexibility index (Phi) is 10.1. The highest BCUT2D eigenvalue weighted by Gasteiger charge is 2.54. The Morgan fingerprint density at radius 3 is 2.65 bits per heavy atom. The number of aromatic nitrogens is 4. The first-order valence-electron chi connectivity index (χ1n) is 12.7. The molecule has 0 bridgehead atoms. The number of fused-ring (bicyclic) bond motifs is 1. The van der Waals surface area contributed by atoms with Gasteiger partial charge in [0.05, 0.1) is 6.54 Å². The Hall–Kier alpha value is -3.49. The first-order valence-corrected chi connectivity index (χ1v) is 16.3. The normalized spacial score (nSPS) is 18.7. The van der Waals surface area contributed by atoms with Crippen molar-refractivity contribution >= 4 is 81.1 Å². The maximum absolute atomic E-state index is 13.1. The number of β-lactam (4-membered cyclic amide) rings is 1. The van der Waals surface area contributed by atoms with Crippen LogP contribution in [0.4, 0.5) is 9.93 Å². The average molecular weight is 672 g/mol. The first kappa shape index (κ1) is 32.4. The van der Waals surface area contributed by atoms with Gasteiger partial charge in [-0.3, -0.25) is 14.5 Å². The monoisotopic (exact) mass is 671 g/mol. The fourth-order valence-corrected chi connectivity index (χ4v) is 7.41. The third kappa shape index (κ3) is 8.12. The quantitative estimate of drug-likeness (QED) is 0.115. The number of nitrogens with zero attached hydrogens (tertiary/aromatic N) is 6. The van der Waals surface area contributed by atoms with E-state index >= 15 is 0 Å². The summed E-state index contributed by atoms with van der Waals surface area (Å²) < 4.78 is 9.77. The minimum atomic E-state index is -1.26. The number of carbonyl (C=O) groups is 4. The molecule has 2 atom stereocenters. The zero-order valence-electron chi connectivity index (χ0n) is 23.6. The molecule has 232 valence electrons. The largest absolute Gasteiger partial charge is 0.477 e. The zero-order valence-corrected chi connectivity index (χ0v) is 26.9. The number of carboxylic acids is 1. The number of nitrogens with two attached hydrogens (primary N) is 1. The molecule has 2 aliphatic heterocycles. The molecule has 1 fully saturated rings. The van der Waals surface area contributed by atoms with Crippen molar-refractivity contribution in [3.63, 3.8) is 0 Å². The molecule has 0 radical (unpaired) electrons. The summed E-state index contributed by atoms with van der Waals surface area (Å²) in [4.78, 5) is 60.7. The van der Waals surface area contributed by atoms with E-state index in [-0.39, 0.29) is 40.8 Å². The number of amides is 3. The average Bonchev–Trinajstić information content (AvgIpc) is 3.56. The molecule has 20 heteroatoms. The van der Waals surface area contributed by atoms with E-state index in [0.29, 0.717) is 20.7 Å². The maximum atomic E-state index is 13.1. The number of ether oxygens (including phenoxy) is 1. The molecule has 0 saturated carbocycles. The minimum Gasteiger partial charge on any atom is -0.477 e. The number of aliphatic carboxylic acids is 1. The molecule has 4 heterocycles. The van der Waals surface area contributed by atoms with Gasteiger partial charge in [0.2, 0.25) is 11.5 Å². The highest BCUT2D eigenvalue weighted by Crippen LogP contribution is 2.41. The van der Waals surface area contributed by atoms with Crippen molar-refractivity contribution in [1.29, 1.82) is 0 Å². The fourth-order valence-electron chi connectivity index (χ4n) is 3.66. The lowest BCUT2D eigenvalue weighted by molar-refractivity contribution is -0.150. The minimum absolute atomic E-state index is 0.0496. The molecule has 1 unspecified atom stereocenters. The number of hydrogen-bond donors (Lipinski definition) is 4. The standard InChI is InChI=1S/C23H29N9O7S4/c1-9(2)39-30-12(15-27-20(24)43-31-15)16(33)26-13-17(34)32-14(19(35)36)10(7-40-18(13)32)8-41-22-29-28-11(42-22)6-25-21(37)38-23(3,4)5/h9,13,18H,6-8H2,1-5H3,(H,25,37)(H,26,33)(H,35,36)(H2,24,27,31)/t13?,18-/m1/s1. The number of oxime groups is 1. The van der Waals surface area contributed by atoms with Crippen LogP contribution in [0.15, 0.2) is 20.8 Å². The van der Waals surface area contributed by atoms with Crippen LogP contribution >= 0.6 is 46.4 Å². The van der Waals surface area contributed by atoms with Crippen molar-refractivity contribution in [2.24, 2.45) is 5.16 Å². The Morgan fingerprint density at radius 2 is 2.02 bits per heavy atom. The van der Waals surface area contributed by atoms with Crippen molar-refractivity contribution in [2.45, 2.75) is 68.6 Å². The number of nitrogen functional groups attached to an aromatic ring is 1. The molecule has 0 aromatic carbocycles. The number of hydrogen-bond acceptors (Lipinski definition) is 16. The molecule has 3 amide bonds. The van der Waals surface area contributed by atoms with Gasteiger partial charge in [0.25, 0.3) is 11.8 Å². The van der Waals surface area contributed by atoms with Gasteiger partial charge in [0.15, 0.2) is 9.47 Å². The van der Waals surface area contributed by atoms with Gasteiger partial charge in [-0.25, -0.2) is 9.59 Å². The van der Waals surface area contributed by atoms with Gasteiger partial charge in [0, 0.05) is 23.0 Å². The number of carboxylic acid groups (broad SMARTS) is 1. The van der Waals surface area contributed by atoms with E-state index < -0.39 is 40.9 Å². The van der Waals surface area contributed by atoms with E-state index in [1.165, 1.54) is 39.8 Å². The highest BCUT2D eigenvalue weighted by molar-refractivity contribution is 8.01. The summed E-state index contributed by atoms with van der Waals surface area (Å²) in [5.41, 5.74) is 5.16. The van der Waals surface area contributed by atoms with Crippen molar-refractivity contribution in [2.75, 3.05) is 17.2 Å². The van der Waals surface area contributed by atoms with E-state index in [9.17, 15) is 24.3 Å². The Bertz CT molecular complexity index is 1470. The smallest absolute Gasteiger partial charge is 0.408 e. The second kappa shape index (κ2) is 13.4. The van der Waals surface area contributed by atoms with Crippen LogP contribution in [0, 0.1) is 0 Å². The Morgan fingerprint density at radius 1 is 1.28 bits per heavy atom. The molecule has 1 saturated heterocycles. The molecule has 2 aromatic heterocycles. The summed E-state index contributed by atoms with van der Waals surface area (Å²) in [7, 11) is 0. The molecule has 0 spiro atoms. The fraction of sp³-hybridized carbons (Fsp3) is 0.522. The van der Waals surface area contributed by atoms with Crippen LogP contribution in [-0.2, 0) is 30.5 Å². The number of rotatable bonds is 11. The molecule has 0 aliphatic carbocycles. The number of alkyl carbamates (subject to hydrolysis) is 1. The van der Waals surface area contributed by atoms with Crippen LogP contribution in [-0.4, -0.2) is 93.8 Å². The summed E-state index contributed by atoms with van der Waals surface area (Å²) in [6.07, 6.45) is -0.916. The van der Waals surface area contributed by atoms with Gasteiger partial charge in [-0.1, -0.05) is 28.3 Å². The van der Waals surface area contributed by atoms with Crippen molar-refractivity contribution in [3.8, 4) is 0 Å². The molecule has 43 heavy (non-hydrogen) atoms. The van der Waals surface area contributed by atoms with Gasteiger partial charge in [-0.15, -0.1) is 22.0 Å². The third-order valence-electron chi connectivity index (χ3n) is 5.36. The van der Waals surface area contributed by atoms with Crippen LogP contribution in [0.1, 0.15) is 45.5 Å². The molecule has 16 nitrogen and oxygen atoms in total. The van der Waals surface area contributed by atoms with E-state index in [2.05, 4.69) is 35.3 Å². The van der Waals surface area contributed by atoms with Gasteiger partial charge < -0.3 is 31.0 Å². The summed E-state index contributed by atoms with van der Waals surface area (Å²) >= 11 is 4.72. The lowest BCUT2D eigenvalue weighted by atomic mass is 10.0. The number of nitrogens with one attached hydrogen (secondary N) is 2. The van der Waals surface area contributed by atoms with Gasteiger partial charge in [0.1, 0.15) is 33.8 Å². The van der Waals surface area contributed by atoms with Crippen LogP contribution in [0.5, 0.6) is 0 Å². The lowest BCUT2D eigenvalue weighted by Gasteiger charge is -2.49. The first-order chi connectivity index (χ1) is 20.2. The third-order valence-corrected chi connectivity index (χ3v) is 9.39. The molecule has 2 aliphatic rings. The Labute approximate surface area is 262 Å². The molecular formula is C23H29N9O7S4. The molecule has 2 aromatic rings. The SMILES string of the molecule is CC(C)ON=C(C(=O)NC1C(=O)N2C(C(=O)O)=C(CSc3nnc(CNC(=O)OC(C)(C)C)s3)CS[C@H]12)c1nsc(N)n1. The van der Waals surface area contributed by atoms with Gasteiger partial charge in [-0.05, 0) is 40.2 Å². The van der Waals surface area contributed by atoms with Crippen LogP contribution < -0.4 is 16.4 Å². The van der Waals surface area contributed by atoms with Gasteiger partial charge in [-0.2, -0.15) is 9.36 Å². The zero-order chi connectivity index (χ0) is 31.5. The van der Waals surface area contributed by atoms with Crippen LogP contribution in [0.3, 0.4) is 0 Å². The predicted octanol–water partition coefficient (Wildman–Crippen LogP) is 1.66.